The highest BCUT2D eigenvalue weighted by Gasteiger charge is 2.37. The maximum absolute atomic E-state index is 12.4. The summed E-state index contributed by atoms with van der Waals surface area (Å²) in [6.45, 7) is 3.51. The van der Waals surface area contributed by atoms with Gasteiger partial charge < -0.3 is 20.1 Å². The molecule has 1 fully saturated rings. The van der Waals surface area contributed by atoms with Gasteiger partial charge >= 0.3 is 11.8 Å². The molecule has 0 spiro atoms. The molecule has 1 heterocycles. The number of hydrogen-bond acceptors (Lipinski definition) is 4. The number of carbonyl (C=O) groups excluding carboxylic acids is 2. The van der Waals surface area contributed by atoms with Gasteiger partial charge in [-0.3, -0.25) is 9.59 Å². The van der Waals surface area contributed by atoms with Crippen LogP contribution in [0.1, 0.15) is 24.0 Å². The van der Waals surface area contributed by atoms with Gasteiger partial charge in [0, 0.05) is 36.4 Å². The molecule has 0 radical (unpaired) electrons. The van der Waals surface area contributed by atoms with E-state index in [0.29, 0.717) is 25.4 Å². The number of carbonyl (C=O) groups is 2. The molecule has 1 aliphatic rings. The second-order valence-corrected chi connectivity index (χ2v) is 7.10. The summed E-state index contributed by atoms with van der Waals surface area (Å²) >= 11 is 0. The topological polar surface area (TPSA) is 76.7 Å². The van der Waals surface area contributed by atoms with Crippen molar-refractivity contribution in [2.45, 2.75) is 25.2 Å². The smallest absolute Gasteiger partial charge is 0.313 e. The molecular formula is C22H26N2O4. The second-order valence-electron chi connectivity index (χ2n) is 7.10. The van der Waals surface area contributed by atoms with E-state index < -0.39 is 11.8 Å². The Labute approximate surface area is 165 Å². The largest absolute Gasteiger partial charge is 0.496 e. The van der Waals surface area contributed by atoms with E-state index in [1.54, 1.807) is 19.2 Å². The minimum atomic E-state index is -0.675. The van der Waals surface area contributed by atoms with Crippen molar-refractivity contribution in [1.29, 1.82) is 0 Å². The highest BCUT2D eigenvalue weighted by molar-refractivity contribution is 6.39. The van der Waals surface area contributed by atoms with Crippen LogP contribution in [0.3, 0.4) is 0 Å². The van der Waals surface area contributed by atoms with E-state index in [2.05, 4.69) is 10.6 Å². The van der Waals surface area contributed by atoms with E-state index in [1.807, 2.05) is 43.3 Å². The molecule has 6 heteroatoms. The molecule has 2 amide bonds. The molecular weight excluding hydrogens is 356 g/mol. The van der Waals surface area contributed by atoms with Crippen LogP contribution in [0.4, 0.5) is 5.69 Å². The van der Waals surface area contributed by atoms with Gasteiger partial charge in [0.05, 0.1) is 7.11 Å². The van der Waals surface area contributed by atoms with Gasteiger partial charge in [0.25, 0.3) is 0 Å². The monoisotopic (exact) mass is 382 g/mol. The van der Waals surface area contributed by atoms with Gasteiger partial charge in [-0.15, -0.1) is 0 Å². The number of anilines is 1. The van der Waals surface area contributed by atoms with Crippen LogP contribution < -0.4 is 15.4 Å². The Balaban J connectivity index is 1.70. The summed E-state index contributed by atoms with van der Waals surface area (Å²) in [5, 5.41) is 5.44. The van der Waals surface area contributed by atoms with E-state index in [0.717, 1.165) is 29.7 Å². The van der Waals surface area contributed by atoms with Crippen molar-refractivity contribution in [2.24, 2.45) is 0 Å². The normalized spacial score (nSPS) is 15.5. The molecule has 2 N–H and O–H groups in total. The maximum atomic E-state index is 12.4. The Morgan fingerprint density at radius 1 is 1.04 bits per heavy atom. The number of benzene rings is 2. The number of ether oxygens (including phenoxy) is 2. The fraction of sp³-hybridized carbons (Fsp3) is 0.364. The van der Waals surface area contributed by atoms with E-state index in [9.17, 15) is 9.59 Å². The minimum absolute atomic E-state index is 0.329. The third-order valence-electron chi connectivity index (χ3n) is 5.23. The standard InChI is InChI=1S/C22H26N2O4/c1-16-7-9-17(10-8-16)24-21(26)20(25)23-15-22(11-13-28-14-12-22)18-5-3-4-6-19(18)27-2/h3-10H,11-15H2,1-2H3,(H,23,25)(H,24,26). The Bertz CT molecular complexity index is 827. The number of rotatable bonds is 5. The van der Waals surface area contributed by atoms with Crippen molar-refractivity contribution in [2.75, 3.05) is 32.2 Å². The first-order chi connectivity index (χ1) is 13.5. The number of amides is 2. The fourth-order valence-corrected chi connectivity index (χ4v) is 3.54. The number of aryl methyl sites for hydroxylation is 1. The summed E-state index contributed by atoms with van der Waals surface area (Å²) in [5.41, 5.74) is 2.38. The van der Waals surface area contributed by atoms with Crippen LogP contribution in [0.25, 0.3) is 0 Å². The highest BCUT2D eigenvalue weighted by atomic mass is 16.5. The summed E-state index contributed by atoms with van der Waals surface area (Å²) in [6.07, 6.45) is 1.49. The number of methoxy groups -OCH3 is 1. The van der Waals surface area contributed by atoms with Crippen LogP contribution in [-0.4, -0.2) is 38.7 Å². The average molecular weight is 382 g/mol. The van der Waals surface area contributed by atoms with E-state index in [4.69, 9.17) is 9.47 Å². The lowest BCUT2D eigenvalue weighted by atomic mass is 9.73. The van der Waals surface area contributed by atoms with Crippen LogP contribution >= 0.6 is 0 Å². The molecule has 0 aromatic heterocycles. The van der Waals surface area contributed by atoms with Crippen molar-refractivity contribution in [3.05, 3.63) is 59.7 Å². The highest BCUT2D eigenvalue weighted by Crippen LogP contribution is 2.39. The van der Waals surface area contributed by atoms with Gasteiger partial charge in [-0.25, -0.2) is 0 Å². The molecule has 3 rings (SSSR count). The summed E-state index contributed by atoms with van der Waals surface area (Å²) in [5.74, 6) is -0.546. The molecule has 1 saturated heterocycles. The molecule has 2 aromatic carbocycles. The number of nitrogens with one attached hydrogen (secondary N) is 2. The van der Waals surface area contributed by atoms with Gasteiger partial charge in [-0.2, -0.15) is 0 Å². The van der Waals surface area contributed by atoms with Gasteiger partial charge in [0.2, 0.25) is 0 Å². The molecule has 0 unspecified atom stereocenters. The quantitative estimate of drug-likeness (QED) is 0.780. The van der Waals surface area contributed by atoms with Gasteiger partial charge in [0.15, 0.2) is 0 Å². The summed E-state index contributed by atoms with van der Waals surface area (Å²) < 4.78 is 11.1. The average Bonchev–Trinajstić information content (AvgIpc) is 2.74. The molecule has 1 aliphatic heterocycles. The van der Waals surface area contributed by atoms with Crippen LogP contribution in [0.5, 0.6) is 5.75 Å². The number of hydrogen-bond donors (Lipinski definition) is 2. The Morgan fingerprint density at radius 3 is 2.39 bits per heavy atom. The zero-order valence-electron chi connectivity index (χ0n) is 16.3. The Kier molecular flexibility index (Phi) is 6.31. The lowest BCUT2D eigenvalue weighted by molar-refractivity contribution is -0.136. The SMILES string of the molecule is COc1ccccc1C1(CNC(=O)C(=O)Nc2ccc(C)cc2)CCOCC1. The third kappa shape index (κ3) is 4.51. The molecule has 6 nitrogen and oxygen atoms in total. The van der Waals surface area contributed by atoms with Gasteiger partial charge in [-0.05, 0) is 38.0 Å². The van der Waals surface area contributed by atoms with E-state index in [1.165, 1.54) is 0 Å². The lowest BCUT2D eigenvalue weighted by Crippen LogP contribution is -2.47. The van der Waals surface area contributed by atoms with E-state index >= 15 is 0 Å². The molecule has 28 heavy (non-hydrogen) atoms. The van der Waals surface area contributed by atoms with E-state index in [-0.39, 0.29) is 5.41 Å². The van der Waals surface area contributed by atoms with Crippen molar-refractivity contribution < 1.29 is 19.1 Å². The van der Waals surface area contributed by atoms with Crippen molar-refractivity contribution in [3.8, 4) is 5.75 Å². The molecule has 0 aliphatic carbocycles. The molecule has 0 bridgehead atoms. The first-order valence-corrected chi connectivity index (χ1v) is 9.41. The fourth-order valence-electron chi connectivity index (χ4n) is 3.54. The zero-order valence-corrected chi connectivity index (χ0v) is 16.3. The molecule has 148 valence electrons. The first kappa shape index (κ1) is 19.9. The predicted molar refractivity (Wildman–Crippen MR) is 108 cm³/mol. The molecule has 0 saturated carbocycles. The van der Waals surface area contributed by atoms with Crippen molar-refractivity contribution in [1.82, 2.24) is 5.32 Å². The summed E-state index contributed by atoms with van der Waals surface area (Å²) in [6, 6.07) is 15.1. The minimum Gasteiger partial charge on any atom is -0.496 e. The Hall–Kier alpha value is -2.86. The first-order valence-electron chi connectivity index (χ1n) is 9.41. The zero-order chi connectivity index (χ0) is 20.0. The van der Waals surface area contributed by atoms with Crippen molar-refractivity contribution >= 4 is 17.5 Å². The van der Waals surface area contributed by atoms with Crippen LogP contribution in [0.2, 0.25) is 0 Å². The molecule has 2 aromatic rings. The maximum Gasteiger partial charge on any atom is 0.313 e. The van der Waals surface area contributed by atoms with Crippen LogP contribution in [-0.2, 0) is 19.7 Å². The van der Waals surface area contributed by atoms with Gasteiger partial charge in [0.1, 0.15) is 5.75 Å². The molecule has 0 atom stereocenters. The van der Waals surface area contributed by atoms with Crippen LogP contribution in [0.15, 0.2) is 48.5 Å². The third-order valence-corrected chi connectivity index (χ3v) is 5.23. The second kappa shape index (κ2) is 8.89. The lowest BCUT2D eigenvalue weighted by Gasteiger charge is -2.38. The van der Waals surface area contributed by atoms with Crippen LogP contribution in [0, 0.1) is 6.92 Å². The number of para-hydroxylation sites is 1. The van der Waals surface area contributed by atoms with Crippen molar-refractivity contribution in [3.63, 3.8) is 0 Å². The summed E-state index contributed by atoms with van der Waals surface area (Å²) in [4.78, 5) is 24.7. The Morgan fingerprint density at radius 2 is 1.71 bits per heavy atom. The predicted octanol–water partition coefficient (Wildman–Crippen LogP) is 2.81. The summed E-state index contributed by atoms with van der Waals surface area (Å²) in [7, 11) is 1.64. The van der Waals surface area contributed by atoms with Gasteiger partial charge in [-0.1, -0.05) is 35.9 Å².